The molecule has 0 radical (unpaired) electrons. The average molecular weight is 478 g/mol. The largest absolute Gasteiger partial charge is 0.352 e. The fourth-order valence-electron chi connectivity index (χ4n) is 3.62. The van der Waals surface area contributed by atoms with Crippen LogP contribution in [0.2, 0.25) is 5.02 Å². The van der Waals surface area contributed by atoms with Crippen LogP contribution in [0.4, 0.5) is 5.69 Å². The predicted molar refractivity (Wildman–Crippen MR) is 137 cm³/mol. The van der Waals surface area contributed by atoms with Gasteiger partial charge in [-0.15, -0.1) is 0 Å². The highest BCUT2D eigenvalue weighted by Gasteiger charge is 2.31. The number of hydrogen-bond acceptors (Lipinski definition) is 4. The number of rotatable bonds is 5. The van der Waals surface area contributed by atoms with Gasteiger partial charge in [0.05, 0.1) is 11.4 Å². The highest BCUT2D eigenvalue weighted by Crippen LogP contribution is 2.29. The molecule has 0 spiro atoms. The number of carbonyl (C=O) groups excluding carboxylic acids is 1. The third-order valence-corrected chi connectivity index (χ3v) is 6.15. The van der Waals surface area contributed by atoms with Gasteiger partial charge in [0, 0.05) is 55.1 Å². The quantitative estimate of drug-likeness (QED) is 0.564. The number of aromatic nitrogens is 1. The summed E-state index contributed by atoms with van der Waals surface area (Å²) in [5.74, 6) is -0.204. The van der Waals surface area contributed by atoms with Crippen LogP contribution < -0.4 is 10.2 Å². The summed E-state index contributed by atoms with van der Waals surface area (Å²) in [4.78, 5) is 26.0. The number of benzene rings is 2. The first-order valence-corrected chi connectivity index (χ1v) is 11.3. The van der Waals surface area contributed by atoms with Crippen molar-refractivity contribution in [2.24, 2.45) is 4.99 Å². The van der Waals surface area contributed by atoms with Crippen LogP contribution >= 0.6 is 23.8 Å². The van der Waals surface area contributed by atoms with Crippen molar-refractivity contribution in [3.8, 4) is 0 Å². The summed E-state index contributed by atoms with van der Waals surface area (Å²) < 4.78 is 0. The second-order valence-electron chi connectivity index (χ2n) is 7.75. The first kappa shape index (κ1) is 22.9. The zero-order valence-electron chi connectivity index (χ0n) is 18.4. The molecule has 8 heteroatoms. The number of likely N-dealkylation sites (N-methyl/N-ethyl adjacent to an activating group) is 2. The van der Waals surface area contributed by atoms with E-state index in [1.807, 2.05) is 72.6 Å². The molecule has 3 aromatic rings. The van der Waals surface area contributed by atoms with Crippen LogP contribution in [0.15, 0.2) is 77.9 Å². The zero-order chi connectivity index (χ0) is 23.4. The van der Waals surface area contributed by atoms with Gasteiger partial charge in [0.2, 0.25) is 6.17 Å². The number of anilines is 1. The predicted octanol–water partition coefficient (Wildman–Crippen LogP) is 3.92. The minimum atomic E-state index is -0.874. The molecule has 168 valence electrons. The first-order valence-electron chi connectivity index (χ1n) is 10.6. The molecule has 1 aliphatic heterocycles. The zero-order valence-corrected chi connectivity index (χ0v) is 20.0. The smallest absolute Gasteiger partial charge is 0.272 e. The fraction of sp³-hybridized carbons (Fsp3) is 0.200. The van der Waals surface area contributed by atoms with Gasteiger partial charge in [0.1, 0.15) is 0 Å². The van der Waals surface area contributed by atoms with E-state index in [0.717, 1.165) is 28.9 Å². The molecule has 0 saturated heterocycles. The molecule has 1 atom stereocenters. The lowest BCUT2D eigenvalue weighted by Crippen LogP contribution is -2.50. The Bertz CT molecular complexity index is 1190. The maximum absolute atomic E-state index is 13.3. The van der Waals surface area contributed by atoms with E-state index in [1.54, 1.807) is 24.2 Å². The van der Waals surface area contributed by atoms with Crippen LogP contribution in [-0.2, 0) is 11.2 Å². The number of pyridine rings is 1. The van der Waals surface area contributed by atoms with Crippen molar-refractivity contribution >= 4 is 46.2 Å². The Balaban J connectivity index is 1.61. The van der Waals surface area contributed by atoms with Gasteiger partial charge in [-0.25, -0.2) is 4.99 Å². The molecule has 1 amide bonds. The maximum Gasteiger partial charge on any atom is 0.272 e. The standard InChI is InChI=1S/C25H24ClN5OS/c1-30(15-13-19-10-6-7-14-27-19)25(33)29-23-24(32)31(2)21-12-11-18(26)16-20(21)22(28-23)17-8-4-3-5-9-17/h3-12,14,16,23H,13,15H2,1-2H3,(H,29,33). The van der Waals surface area contributed by atoms with Crippen molar-refractivity contribution in [1.29, 1.82) is 0 Å². The van der Waals surface area contributed by atoms with E-state index < -0.39 is 6.17 Å². The van der Waals surface area contributed by atoms with Gasteiger partial charge in [0.15, 0.2) is 5.11 Å². The number of halogens is 1. The Morgan fingerprint density at radius 3 is 2.64 bits per heavy atom. The number of hydrogen-bond donors (Lipinski definition) is 1. The average Bonchev–Trinajstić information content (AvgIpc) is 2.94. The Kier molecular flexibility index (Phi) is 7.01. The first-order chi connectivity index (χ1) is 15.9. The number of amides is 1. The van der Waals surface area contributed by atoms with Crippen molar-refractivity contribution < 1.29 is 4.79 Å². The normalized spacial score (nSPS) is 15.4. The fourth-order valence-corrected chi connectivity index (χ4v) is 4.00. The van der Waals surface area contributed by atoms with Gasteiger partial charge in [-0.3, -0.25) is 9.78 Å². The molecule has 2 heterocycles. The van der Waals surface area contributed by atoms with Gasteiger partial charge in [-0.05, 0) is 42.5 Å². The number of aliphatic imine (C=N–C) groups is 1. The lowest BCUT2D eigenvalue weighted by atomic mass is 10.0. The molecule has 1 aromatic heterocycles. The van der Waals surface area contributed by atoms with E-state index in [9.17, 15) is 4.79 Å². The van der Waals surface area contributed by atoms with Crippen LogP contribution in [0.5, 0.6) is 0 Å². The second kappa shape index (κ2) is 10.1. The van der Waals surface area contributed by atoms with Crippen molar-refractivity contribution in [2.75, 3.05) is 25.5 Å². The summed E-state index contributed by atoms with van der Waals surface area (Å²) in [5, 5.41) is 4.17. The molecule has 0 fully saturated rings. The molecule has 0 saturated carbocycles. The van der Waals surface area contributed by atoms with Crippen LogP contribution in [0.1, 0.15) is 16.8 Å². The SMILES string of the molecule is CN(CCc1ccccn1)C(=S)NC1N=C(c2ccccc2)c2cc(Cl)ccc2N(C)C1=O. The molecule has 2 aromatic carbocycles. The van der Waals surface area contributed by atoms with Gasteiger partial charge >= 0.3 is 0 Å². The van der Waals surface area contributed by atoms with Crippen molar-refractivity contribution in [2.45, 2.75) is 12.6 Å². The molecular weight excluding hydrogens is 454 g/mol. The van der Waals surface area contributed by atoms with Crippen LogP contribution in [-0.4, -0.2) is 53.4 Å². The Morgan fingerprint density at radius 1 is 1.15 bits per heavy atom. The molecule has 4 rings (SSSR count). The molecular formula is C25H24ClN5OS. The van der Waals surface area contributed by atoms with Crippen LogP contribution in [0.3, 0.4) is 0 Å². The van der Waals surface area contributed by atoms with Crippen molar-refractivity contribution in [1.82, 2.24) is 15.2 Å². The minimum Gasteiger partial charge on any atom is -0.352 e. The number of thiocarbonyl (C=S) groups is 1. The topological polar surface area (TPSA) is 60.8 Å². The third kappa shape index (κ3) is 5.21. The maximum atomic E-state index is 13.3. The Hall–Kier alpha value is -3.29. The highest BCUT2D eigenvalue weighted by molar-refractivity contribution is 7.80. The molecule has 0 bridgehead atoms. The number of benzodiazepines with no additional fused rings is 1. The van der Waals surface area contributed by atoms with E-state index in [2.05, 4.69) is 10.3 Å². The molecule has 0 aliphatic carbocycles. The summed E-state index contributed by atoms with van der Waals surface area (Å²) in [5.41, 5.74) is 4.09. The van der Waals surface area contributed by atoms with Gasteiger partial charge in [-0.1, -0.05) is 48.0 Å². The molecule has 33 heavy (non-hydrogen) atoms. The molecule has 1 N–H and O–H groups in total. The monoisotopic (exact) mass is 477 g/mol. The van der Waals surface area contributed by atoms with Crippen molar-refractivity contribution in [3.63, 3.8) is 0 Å². The number of fused-ring (bicyclic) bond motifs is 1. The summed E-state index contributed by atoms with van der Waals surface area (Å²) in [6, 6.07) is 21.0. The van der Waals surface area contributed by atoms with E-state index >= 15 is 0 Å². The molecule has 1 aliphatic rings. The van der Waals surface area contributed by atoms with E-state index in [-0.39, 0.29) is 5.91 Å². The van der Waals surface area contributed by atoms with E-state index in [0.29, 0.717) is 22.4 Å². The van der Waals surface area contributed by atoms with Gasteiger partial charge in [0.25, 0.3) is 5.91 Å². The minimum absolute atomic E-state index is 0.204. The Labute approximate surface area is 203 Å². The van der Waals surface area contributed by atoms with Gasteiger partial charge < -0.3 is 15.1 Å². The van der Waals surface area contributed by atoms with Crippen LogP contribution in [0.25, 0.3) is 0 Å². The lowest BCUT2D eigenvalue weighted by Gasteiger charge is -2.25. The van der Waals surface area contributed by atoms with E-state index in [1.165, 1.54) is 0 Å². The summed E-state index contributed by atoms with van der Waals surface area (Å²) in [6.07, 6.45) is 1.64. The van der Waals surface area contributed by atoms with Crippen LogP contribution in [0, 0.1) is 0 Å². The summed E-state index contributed by atoms with van der Waals surface area (Å²) in [7, 11) is 3.63. The highest BCUT2D eigenvalue weighted by atomic mass is 35.5. The lowest BCUT2D eigenvalue weighted by molar-refractivity contribution is -0.119. The summed E-state index contributed by atoms with van der Waals surface area (Å²) >= 11 is 11.9. The molecule has 1 unspecified atom stereocenters. The summed E-state index contributed by atoms with van der Waals surface area (Å²) in [6.45, 7) is 0.657. The van der Waals surface area contributed by atoms with Crippen molar-refractivity contribution in [3.05, 3.63) is 94.8 Å². The van der Waals surface area contributed by atoms with Gasteiger partial charge in [-0.2, -0.15) is 0 Å². The Morgan fingerprint density at radius 2 is 1.91 bits per heavy atom. The van der Waals surface area contributed by atoms with E-state index in [4.69, 9.17) is 28.8 Å². The number of carbonyl (C=O) groups is 1. The third-order valence-electron chi connectivity index (χ3n) is 5.48. The number of nitrogens with one attached hydrogen (secondary N) is 1. The number of nitrogens with zero attached hydrogens (tertiary/aromatic N) is 4. The molecule has 6 nitrogen and oxygen atoms in total. The second-order valence-corrected chi connectivity index (χ2v) is 8.57.